The highest BCUT2D eigenvalue weighted by atomic mass is 16.6. The quantitative estimate of drug-likeness (QED) is 0.461. The van der Waals surface area contributed by atoms with Gasteiger partial charge < -0.3 is 19.3 Å². The molecule has 104 valence electrons. The van der Waals surface area contributed by atoms with Crippen LogP contribution in [0.3, 0.4) is 0 Å². The first-order chi connectivity index (χ1) is 9.10. The molecule has 6 nitrogen and oxygen atoms in total. The third kappa shape index (κ3) is 4.17. The van der Waals surface area contributed by atoms with Gasteiger partial charge in [0.2, 0.25) is 0 Å². The first-order valence-corrected chi connectivity index (χ1v) is 5.68. The van der Waals surface area contributed by atoms with Gasteiger partial charge in [-0.15, -0.1) is 0 Å². The number of esters is 2. The molecule has 0 bridgehead atoms. The average molecular weight is 268 g/mol. The van der Waals surface area contributed by atoms with Crippen molar-refractivity contribution in [3.8, 4) is 0 Å². The molecule has 1 N–H and O–H groups in total. The number of allylic oxidation sites excluding steroid dienone is 2. The second-order valence-corrected chi connectivity index (χ2v) is 3.71. The third-order valence-electron chi connectivity index (χ3n) is 2.42. The Morgan fingerprint density at radius 2 is 1.89 bits per heavy atom. The maximum Gasteiger partial charge on any atom is 0.377 e. The number of aliphatic hydroxyl groups excluding tert-OH is 1. The minimum atomic E-state index is -1.06. The molecule has 19 heavy (non-hydrogen) atoms. The zero-order valence-corrected chi connectivity index (χ0v) is 10.8. The lowest BCUT2D eigenvalue weighted by molar-refractivity contribution is -0.144. The molecule has 0 saturated heterocycles. The minimum Gasteiger partial charge on any atom is -0.499 e. The SMILES string of the molecule is COC(=O)/C(O)=C(/OCC1=CCCC=C1)C(=O)OC. The van der Waals surface area contributed by atoms with E-state index in [-0.39, 0.29) is 6.61 Å². The second kappa shape index (κ2) is 7.25. The Hall–Kier alpha value is -2.24. The standard InChI is InChI=1S/C13H16O6/c1-17-12(15)10(14)11(13(16)18-2)19-8-9-6-4-3-5-7-9/h4,6-7,14H,3,5,8H2,1-2H3/b11-10-. The maximum atomic E-state index is 11.4. The highest BCUT2D eigenvalue weighted by Gasteiger charge is 2.24. The highest BCUT2D eigenvalue weighted by molar-refractivity contribution is 5.97. The summed E-state index contributed by atoms with van der Waals surface area (Å²) in [5.41, 5.74) is 0.852. The molecule has 0 amide bonds. The van der Waals surface area contributed by atoms with E-state index in [9.17, 15) is 14.7 Å². The predicted molar refractivity (Wildman–Crippen MR) is 66.1 cm³/mol. The molecule has 0 aliphatic heterocycles. The largest absolute Gasteiger partial charge is 0.499 e. The molecular weight excluding hydrogens is 252 g/mol. The summed E-state index contributed by atoms with van der Waals surface area (Å²) in [6, 6.07) is 0. The Bertz CT molecular complexity index is 444. The van der Waals surface area contributed by atoms with Crippen molar-refractivity contribution >= 4 is 11.9 Å². The van der Waals surface area contributed by atoms with Gasteiger partial charge in [0.25, 0.3) is 11.5 Å². The van der Waals surface area contributed by atoms with E-state index in [4.69, 9.17) is 4.74 Å². The molecule has 0 aromatic heterocycles. The first kappa shape index (κ1) is 14.8. The van der Waals surface area contributed by atoms with Crippen molar-refractivity contribution in [3.05, 3.63) is 35.3 Å². The van der Waals surface area contributed by atoms with Gasteiger partial charge >= 0.3 is 11.9 Å². The zero-order chi connectivity index (χ0) is 14.3. The Kier molecular flexibility index (Phi) is 5.66. The van der Waals surface area contributed by atoms with Gasteiger partial charge in [0, 0.05) is 0 Å². The monoisotopic (exact) mass is 268 g/mol. The van der Waals surface area contributed by atoms with Gasteiger partial charge in [0.1, 0.15) is 6.61 Å². The topological polar surface area (TPSA) is 82.1 Å². The van der Waals surface area contributed by atoms with Crippen LogP contribution in [0, 0.1) is 0 Å². The van der Waals surface area contributed by atoms with Crippen molar-refractivity contribution in [1.82, 2.24) is 0 Å². The van der Waals surface area contributed by atoms with Crippen molar-refractivity contribution < 1.29 is 28.9 Å². The molecule has 0 spiro atoms. The van der Waals surface area contributed by atoms with E-state index in [0.29, 0.717) is 0 Å². The molecule has 0 unspecified atom stereocenters. The summed E-state index contributed by atoms with van der Waals surface area (Å²) < 4.78 is 13.9. The number of hydrogen-bond acceptors (Lipinski definition) is 6. The van der Waals surface area contributed by atoms with Crippen LogP contribution in [0.5, 0.6) is 0 Å². The first-order valence-electron chi connectivity index (χ1n) is 5.68. The zero-order valence-electron chi connectivity index (χ0n) is 10.8. The minimum absolute atomic E-state index is 0.0575. The molecular formula is C13H16O6. The molecule has 0 heterocycles. The lowest BCUT2D eigenvalue weighted by Gasteiger charge is -2.12. The second-order valence-electron chi connectivity index (χ2n) is 3.71. The Balaban J connectivity index is 2.81. The van der Waals surface area contributed by atoms with Gasteiger partial charge in [-0.2, -0.15) is 0 Å². The van der Waals surface area contributed by atoms with Crippen LogP contribution in [0.15, 0.2) is 35.3 Å². The molecule has 0 aromatic carbocycles. The van der Waals surface area contributed by atoms with Crippen LogP contribution in [0.25, 0.3) is 0 Å². The summed E-state index contributed by atoms with van der Waals surface area (Å²) in [6.45, 7) is 0.0575. The molecule has 6 heteroatoms. The van der Waals surface area contributed by atoms with Gasteiger partial charge in [0.05, 0.1) is 14.2 Å². The fraction of sp³-hybridized carbons (Fsp3) is 0.385. The van der Waals surface area contributed by atoms with Crippen LogP contribution in [0.1, 0.15) is 12.8 Å². The Labute approximate surface area is 111 Å². The summed E-state index contributed by atoms with van der Waals surface area (Å²) >= 11 is 0. The number of carbonyl (C=O) groups excluding carboxylic acids is 2. The van der Waals surface area contributed by atoms with Gasteiger partial charge in [0.15, 0.2) is 0 Å². The van der Waals surface area contributed by atoms with E-state index < -0.39 is 23.5 Å². The molecule has 1 aliphatic rings. The Morgan fingerprint density at radius 1 is 1.21 bits per heavy atom. The van der Waals surface area contributed by atoms with E-state index in [1.54, 1.807) is 0 Å². The van der Waals surface area contributed by atoms with Gasteiger partial charge in [-0.3, -0.25) is 0 Å². The molecule has 0 radical (unpaired) electrons. The number of rotatable bonds is 5. The highest BCUT2D eigenvalue weighted by Crippen LogP contribution is 2.14. The van der Waals surface area contributed by atoms with Crippen molar-refractivity contribution in [1.29, 1.82) is 0 Å². The van der Waals surface area contributed by atoms with Gasteiger partial charge in [-0.05, 0) is 18.4 Å². The van der Waals surface area contributed by atoms with Crippen LogP contribution in [-0.2, 0) is 23.8 Å². The summed E-state index contributed by atoms with van der Waals surface area (Å²) in [5, 5.41) is 9.55. The summed E-state index contributed by atoms with van der Waals surface area (Å²) in [4.78, 5) is 22.6. The van der Waals surface area contributed by atoms with Crippen LogP contribution in [0.4, 0.5) is 0 Å². The summed E-state index contributed by atoms with van der Waals surface area (Å²) in [5.74, 6) is -3.47. The summed E-state index contributed by atoms with van der Waals surface area (Å²) in [6.07, 6.45) is 7.62. The smallest absolute Gasteiger partial charge is 0.377 e. The molecule has 1 rings (SSSR count). The number of methoxy groups -OCH3 is 2. The normalized spacial score (nSPS) is 15.2. The average Bonchev–Trinajstić information content (AvgIpc) is 2.47. The van der Waals surface area contributed by atoms with E-state index in [1.807, 2.05) is 18.2 Å². The van der Waals surface area contributed by atoms with E-state index in [0.717, 1.165) is 32.6 Å². The van der Waals surface area contributed by atoms with Crippen molar-refractivity contribution in [2.45, 2.75) is 12.8 Å². The van der Waals surface area contributed by atoms with Crippen LogP contribution >= 0.6 is 0 Å². The van der Waals surface area contributed by atoms with Crippen molar-refractivity contribution in [2.75, 3.05) is 20.8 Å². The fourth-order valence-corrected chi connectivity index (χ4v) is 1.44. The molecule has 0 fully saturated rings. The molecule has 0 atom stereocenters. The fourth-order valence-electron chi connectivity index (χ4n) is 1.44. The van der Waals surface area contributed by atoms with E-state index in [1.165, 1.54) is 0 Å². The lowest BCUT2D eigenvalue weighted by atomic mass is 10.1. The van der Waals surface area contributed by atoms with Crippen molar-refractivity contribution in [3.63, 3.8) is 0 Å². The van der Waals surface area contributed by atoms with Crippen LogP contribution in [-0.4, -0.2) is 37.9 Å². The lowest BCUT2D eigenvalue weighted by Crippen LogP contribution is -2.17. The van der Waals surface area contributed by atoms with Crippen LogP contribution < -0.4 is 0 Å². The van der Waals surface area contributed by atoms with Gasteiger partial charge in [-0.1, -0.05) is 18.2 Å². The number of hydrogen-bond donors (Lipinski definition) is 1. The number of ether oxygens (including phenoxy) is 3. The molecule has 0 aromatic rings. The van der Waals surface area contributed by atoms with E-state index in [2.05, 4.69) is 9.47 Å². The Morgan fingerprint density at radius 3 is 2.42 bits per heavy atom. The maximum absolute atomic E-state index is 11.4. The van der Waals surface area contributed by atoms with E-state index >= 15 is 0 Å². The molecule has 1 aliphatic carbocycles. The van der Waals surface area contributed by atoms with Crippen LogP contribution in [0.2, 0.25) is 0 Å². The molecule has 0 saturated carbocycles. The van der Waals surface area contributed by atoms with Crippen molar-refractivity contribution in [2.24, 2.45) is 0 Å². The number of carbonyl (C=O) groups is 2. The van der Waals surface area contributed by atoms with Gasteiger partial charge in [-0.25, -0.2) is 9.59 Å². The predicted octanol–water partition coefficient (Wildman–Crippen LogP) is 1.39. The third-order valence-corrected chi connectivity index (χ3v) is 2.42. The summed E-state index contributed by atoms with van der Waals surface area (Å²) in [7, 11) is 2.20. The number of aliphatic hydroxyl groups is 1.